The highest BCUT2D eigenvalue weighted by Crippen LogP contribution is 2.32. The van der Waals surface area contributed by atoms with Crippen molar-refractivity contribution in [1.29, 1.82) is 0 Å². The van der Waals surface area contributed by atoms with E-state index in [0.29, 0.717) is 25.3 Å². The average Bonchev–Trinajstić information content (AvgIpc) is 2.82. The van der Waals surface area contributed by atoms with E-state index in [1.165, 1.54) is 0 Å². The monoisotopic (exact) mass is 250 g/mol. The predicted molar refractivity (Wildman–Crippen MR) is 67.6 cm³/mol. The van der Waals surface area contributed by atoms with Crippen LogP contribution in [0.5, 0.6) is 11.5 Å². The van der Waals surface area contributed by atoms with Gasteiger partial charge in [0.15, 0.2) is 11.5 Å². The second kappa shape index (κ2) is 6.26. The van der Waals surface area contributed by atoms with Crippen LogP contribution in [0.2, 0.25) is 0 Å². The fourth-order valence-electron chi connectivity index (χ4n) is 1.80. The number of rotatable bonds is 6. The number of unbranched alkanes of at least 4 members (excludes halogenated alkanes) is 1. The van der Waals surface area contributed by atoms with E-state index < -0.39 is 0 Å². The fraction of sp³-hybridized carbons (Fsp3) is 0.462. The summed E-state index contributed by atoms with van der Waals surface area (Å²) in [6.07, 6.45) is 2.22. The third kappa shape index (κ3) is 3.37. The molecule has 0 radical (unpaired) electrons. The van der Waals surface area contributed by atoms with Gasteiger partial charge in [0.25, 0.3) is 0 Å². The molecule has 0 fully saturated rings. The van der Waals surface area contributed by atoms with Gasteiger partial charge in [0.2, 0.25) is 12.7 Å². The molecule has 0 aromatic heterocycles. The summed E-state index contributed by atoms with van der Waals surface area (Å²) >= 11 is 0. The summed E-state index contributed by atoms with van der Waals surface area (Å²) in [5.74, 6) is 1.47. The molecule has 3 N–H and O–H groups in total. The molecule has 1 amide bonds. The third-order valence-corrected chi connectivity index (χ3v) is 2.75. The smallest absolute Gasteiger partial charge is 0.231 e. The largest absolute Gasteiger partial charge is 0.454 e. The number of nitrogens with one attached hydrogen (secondary N) is 1. The number of ether oxygens (including phenoxy) is 2. The van der Waals surface area contributed by atoms with Gasteiger partial charge in [-0.1, -0.05) is 6.07 Å². The molecule has 1 aliphatic rings. The maximum absolute atomic E-state index is 11.7. The van der Waals surface area contributed by atoms with Gasteiger partial charge in [0.1, 0.15) is 0 Å². The van der Waals surface area contributed by atoms with Crippen LogP contribution < -0.4 is 20.5 Å². The Morgan fingerprint density at radius 3 is 2.94 bits per heavy atom. The Kier molecular flexibility index (Phi) is 4.41. The zero-order valence-corrected chi connectivity index (χ0v) is 10.3. The minimum Gasteiger partial charge on any atom is -0.454 e. The molecule has 18 heavy (non-hydrogen) atoms. The van der Waals surface area contributed by atoms with Gasteiger partial charge in [0.05, 0.1) is 6.42 Å². The minimum atomic E-state index is 0.0193. The van der Waals surface area contributed by atoms with Crippen molar-refractivity contribution in [2.75, 3.05) is 19.9 Å². The molecule has 5 nitrogen and oxygen atoms in total. The highest BCUT2D eigenvalue weighted by Gasteiger charge is 2.14. The first-order valence-electron chi connectivity index (χ1n) is 6.15. The standard InChI is InChI=1S/C13H18N2O3/c14-5-1-2-6-15-13(16)8-10-3-4-11-12(7-10)18-9-17-11/h3-4,7H,1-2,5-6,8-9,14H2,(H,15,16). The highest BCUT2D eigenvalue weighted by molar-refractivity contribution is 5.78. The summed E-state index contributed by atoms with van der Waals surface area (Å²) in [6, 6.07) is 5.56. The Morgan fingerprint density at radius 1 is 1.28 bits per heavy atom. The van der Waals surface area contributed by atoms with Crippen molar-refractivity contribution in [3.05, 3.63) is 23.8 Å². The molecule has 5 heteroatoms. The van der Waals surface area contributed by atoms with Gasteiger partial charge < -0.3 is 20.5 Å². The first kappa shape index (κ1) is 12.7. The van der Waals surface area contributed by atoms with E-state index in [1.807, 2.05) is 18.2 Å². The van der Waals surface area contributed by atoms with E-state index in [-0.39, 0.29) is 12.7 Å². The Hall–Kier alpha value is -1.75. The van der Waals surface area contributed by atoms with Crippen LogP contribution in [0.1, 0.15) is 18.4 Å². The number of hydrogen-bond acceptors (Lipinski definition) is 4. The lowest BCUT2D eigenvalue weighted by molar-refractivity contribution is -0.120. The normalized spacial score (nSPS) is 12.5. The van der Waals surface area contributed by atoms with Crippen molar-refractivity contribution in [2.45, 2.75) is 19.3 Å². The quantitative estimate of drug-likeness (QED) is 0.733. The molecule has 0 spiro atoms. The zero-order valence-electron chi connectivity index (χ0n) is 10.3. The molecule has 0 saturated carbocycles. The molecule has 1 aromatic carbocycles. The van der Waals surface area contributed by atoms with Crippen LogP contribution >= 0.6 is 0 Å². The van der Waals surface area contributed by atoms with Gasteiger partial charge in [-0.05, 0) is 37.1 Å². The number of carbonyl (C=O) groups excluding carboxylic acids is 1. The van der Waals surface area contributed by atoms with Crippen molar-refractivity contribution in [3.63, 3.8) is 0 Å². The maximum atomic E-state index is 11.7. The van der Waals surface area contributed by atoms with E-state index in [0.717, 1.165) is 24.2 Å². The second-order valence-electron chi connectivity index (χ2n) is 4.21. The Bertz CT molecular complexity index is 421. The first-order valence-corrected chi connectivity index (χ1v) is 6.15. The Morgan fingerprint density at radius 2 is 2.11 bits per heavy atom. The molecular weight excluding hydrogens is 232 g/mol. The summed E-state index contributed by atoms with van der Waals surface area (Å²) in [6.45, 7) is 1.60. The summed E-state index contributed by atoms with van der Waals surface area (Å²) in [5.41, 5.74) is 6.31. The van der Waals surface area contributed by atoms with Gasteiger partial charge >= 0.3 is 0 Å². The van der Waals surface area contributed by atoms with Crippen molar-refractivity contribution in [2.24, 2.45) is 5.73 Å². The van der Waals surface area contributed by atoms with E-state index in [2.05, 4.69) is 5.32 Å². The summed E-state index contributed by atoms with van der Waals surface area (Å²) in [7, 11) is 0. The van der Waals surface area contributed by atoms with Crippen molar-refractivity contribution >= 4 is 5.91 Å². The SMILES string of the molecule is NCCCCNC(=O)Cc1ccc2c(c1)OCO2. The second-order valence-corrected chi connectivity index (χ2v) is 4.21. The van der Waals surface area contributed by atoms with Crippen molar-refractivity contribution < 1.29 is 14.3 Å². The number of hydrogen-bond donors (Lipinski definition) is 2. The molecule has 0 bridgehead atoms. The number of benzene rings is 1. The van der Waals surface area contributed by atoms with Crippen LogP contribution in [-0.4, -0.2) is 25.8 Å². The summed E-state index contributed by atoms with van der Waals surface area (Å²) in [5, 5.41) is 2.87. The van der Waals surface area contributed by atoms with E-state index in [1.54, 1.807) is 0 Å². The molecule has 1 heterocycles. The Labute approximate surface area is 106 Å². The Balaban J connectivity index is 1.80. The summed E-state index contributed by atoms with van der Waals surface area (Å²) < 4.78 is 10.5. The molecule has 1 aromatic rings. The molecule has 0 atom stereocenters. The number of fused-ring (bicyclic) bond motifs is 1. The highest BCUT2D eigenvalue weighted by atomic mass is 16.7. The van der Waals surface area contributed by atoms with E-state index in [4.69, 9.17) is 15.2 Å². The maximum Gasteiger partial charge on any atom is 0.231 e. The first-order chi connectivity index (χ1) is 8.79. The van der Waals surface area contributed by atoms with E-state index in [9.17, 15) is 4.79 Å². The molecule has 0 unspecified atom stereocenters. The van der Waals surface area contributed by atoms with Crippen molar-refractivity contribution in [3.8, 4) is 11.5 Å². The lowest BCUT2D eigenvalue weighted by atomic mass is 10.1. The van der Waals surface area contributed by atoms with Crippen LogP contribution in [0.4, 0.5) is 0 Å². The van der Waals surface area contributed by atoms with E-state index >= 15 is 0 Å². The van der Waals surface area contributed by atoms with Crippen LogP contribution in [0.15, 0.2) is 18.2 Å². The molecule has 0 saturated heterocycles. The molecule has 98 valence electrons. The van der Waals surface area contributed by atoms with Crippen LogP contribution in [0.3, 0.4) is 0 Å². The van der Waals surface area contributed by atoms with Crippen LogP contribution in [0.25, 0.3) is 0 Å². The third-order valence-electron chi connectivity index (χ3n) is 2.75. The van der Waals surface area contributed by atoms with Gasteiger partial charge in [-0.25, -0.2) is 0 Å². The van der Waals surface area contributed by atoms with Gasteiger partial charge in [-0.3, -0.25) is 4.79 Å². The lowest BCUT2D eigenvalue weighted by Crippen LogP contribution is -2.26. The van der Waals surface area contributed by atoms with Crippen LogP contribution in [-0.2, 0) is 11.2 Å². The molecule has 2 rings (SSSR count). The lowest BCUT2D eigenvalue weighted by Gasteiger charge is -2.05. The molecular formula is C13H18N2O3. The predicted octanol–water partition coefficient (Wildman–Crippen LogP) is 0.813. The molecule has 1 aliphatic heterocycles. The van der Waals surface area contributed by atoms with Crippen molar-refractivity contribution in [1.82, 2.24) is 5.32 Å². The number of amides is 1. The van der Waals surface area contributed by atoms with Gasteiger partial charge in [-0.2, -0.15) is 0 Å². The van der Waals surface area contributed by atoms with Gasteiger partial charge in [0, 0.05) is 6.54 Å². The topological polar surface area (TPSA) is 73.6 Å². The van der Waals surface area contributed by atoms with Gasteiger partial charge in [-0.15, -0.1) is 0 Å². The summed E-state index contributed by atoms with van der Waals surface area (Å²) in [4.78, 5) is 11.7. The number of carbonyl (C=O) groups is 1. The van der Waals surface area contributed by atoms with Crippen LogP contribution in [0, 0.1) is 0 Å². The fourth-order valence-corrected chi connectivity index (χ4v) is 1.80. The minimum absolute atomic E-state index is 0.0193. The zero-order chi connectivity index (χ0) is 12.8. The number of nitrogens with two attached hydrogens (primary N) is 1. The molecule has 0 aliphatic carbocycles. The average molecular weight is 250 g/mol.